The maximum Gasteiger partial charge on any atom is 0.221 e. The molecule has 0 spiro atoms. The third-order valence-corrected chi connectivity index (χ3v) is 4.14. The highest BCUT2D eigenvalue weighted by Crippen LogP contribution is 2.20. The lowest BCUT2D eigenvalue weighted by Gasteiger charge is -2.10. The first-order valence-electron chi connectivity index (χ1n) is 9.57. The molecule has 0 unspecified atom stereocenters. The third-order valence-electron chi connectivity index (χ3n) is 4.14. The van der Waals surface area contributed by atoms with Crippen LogP contribution in [0, 0.1) is 0 Å². The van der Waals surface area contributed by atoms with Crippen molar-refractivity contribution in [2.24, 2.45) is 0 Å². The normalized spacial score (nSPS) is 10.2. The molecule has 6 heteroatoms. The van der Waals surface area contributed by atoms with Crippen molar-refractivity contribution < 1.29 is 19.1 Å². The van der Waals surface area contributed by atoms with Crippen molar-refractivity contribution in [3.05, 3.63) is 83.9 Å². The van der Waals surface area contributed by atoms with Gasteiger partial charge >= 0.3 is 0 Å². The molecular weight excluding hydrogens is 380 g/mol. The predicted molar refractivity (Wildman–Crippen MR) is 117 cm³/mol. The third kappa shape index (κ3) is 6.67. The molecule has 0 saturated carbocycles. The van der Waals surface area contributed by atoms with E-state index in [4.69, 9.17) is 9.47 Å². The number of ether oxygens (including phenoxy) is 2. The van der Waals surface area contributed by atoms with Crippen molar-refractivity contribution >= 4 is 23.2 Å². The summed E-state index contributed by atoms with van der Waals surface area (Å²) in [5, 5.41) is 5.48. The highest BCUT2D eigenvalue weighted by molar-refractivity contribution is 5.89. The Bertz CT molecular complexity index is 933. The molecule has 0 radical (unpaired) electrons. The summed E-state index contributed by atoms with van der Waals surface area (Å²) in [7, 11) is 0. The minimum atomic E-state index is -0.119. The van der Waals surface area contributed by atoms with Gasteiger partial charge in [-0.25, -0.2) is 0 Å². The molecule has 3 rings (SSSR count). The molecule has 0 bridgehead atoms. The molecule has 2 amide bonds. The largest absolute Gasteiger partial charge is 0.489 e. The van der Waals surface area contributed by atoms with Gasteiger partial charge in [-0.05, 0) is 35.4 Å². The fourth-order valence-corrected chi connectivity index (χ4v) is 2.80. The van der Waals surface area contributed by atoms with E-state index in [2.05, 4.69) is 10.6 Å². The first-order valence-corrected chi connectivity index (χ1v) is 9.57. The van der Waals surface area contributed by atoms with Crippen LogP contribution in [0.5, 0.6) is 11.5 Å². The molecule has 0 aliphatic carbocycles. The van der Waals surface area contributed by atoms with E-state index >= 15 is 0 Å². The van der Waals surface area contributed by atoms with Gasteiger partial charge < -0.3 is 20.1 Å². The lowest BCUT2D eigenvalue weighted by molar-refractivity contribution is -0.115. The molecule has 6 nitrogen and oxygen atoms in total. The lowest BCUT2D eigenvalue weighted by atomic mass is 10.1. The van der Waals surface area contributed by atoms with Gasteiger partial charge in [-0.1, -0.05) is 36.4 Å². The maximum atomic E-state index is 11.2. The minimum absolute atomic E-state index is 0.119. The van der Waals surface area contributed by atoms with Crippen LogP contribution in [-0.4, -0.2) is 11.8 Å². The van der Waals surface area contributed by atoms with Gasteiger partial charge in [0.25, 0.3) is 0 Å². The summed E-state index contributed by atoms with van der Waals surface area (Å²) in [6.45, 7) is 3.78. The van der Waals surface area contributed by atoms with E-state index in [0.717, 1.165) is 11.1 Å². The molecule has 2 N–H and O–H groups in total. The molecule has 154 valence electrons. The van der Waals surface area contributed by atoms with Crippen LogP contribution >= 0.6 is 0 Å². The number of anilines is 2. The van der Waals surface area contributed by atoms with Crippen LogP contribution in [0.3, 0.4) is 0 Å². The van der Waals surface area contributed by atoms with E-state index in [0.29, 0.717) is 36.1 Å². The quantitative estimate of drug-likeness (QED) is 0.567. The summed E-state index contributed by atoms with van der Waals surface area (Å²) in [4.78, 5) is 22.3. The number of amides is 2. The Morgan fingerprint density at radius 1 is 0.667 bits per heavy atom. The van der Waals surface area contributed by atoms with Crippen LogP contribution in [0.2, 0.25) is 0 Å². The Hall–Kier alpha value is -3.80. The van der Waals surface area contributed by atoms with Gasteiger partial charge in [0.15, 0.2) is 0 Å². The van der Waals surface area contributed by atoms with Crippen LogP contribution in [0.25, 0.3) is 0 Å². The summed E-state index contributed by atoms with van der Waals surface area (Å²) in [6.07, 6.45) is 0. The second-order valence-corrected chi connectivity index (χ2v) is 6.81. The van der Waals surface area contributed by atoms with E-state index in [1.807, 2.05) is 60.7 Å². The monoisotopic (exact) mass is 404 g/mol. The Kier molecular flexibility index (Phi) is 7.05. The summed E-state index contributed by atoms with van der Waals surface area (Å²) in [6, 6.07) is 22.5. The number of carbonyl (C=O) groups is 2. The number of carbonyl (C=O) groups excluding carboxylic acids is 2. The number of hydrogen-bond acceptors (Lipinski definition) is 4. The van der Waals surface area contributed by atoms with Crippen molar-refractivity contribution in [2.45, 2.75) is 27.1 Å². The summed E-state index contributed by atoms with van der Waals surface area (Å²) in [5.74, 6) is 1.14. The van der Waals surface area contributed by atoms with E-state index in [1.54, 1.807) is 12.1 Å². The maximum absolute atomic E-state index is 11.2. The van der Waals surface area contributed by atoms with Gasteiger partial charge in [-0.3, -0.25) is 9.59 Å². The Morgan fingerprint density at radius 3 is 1.43 bits per heavy atom. The SMILES string of the molecule is CC(=O)Nc1cccc(OCc2ccc(COc3cccc(NC(C)=O)c3)cc2)c1. The Morgan fingerprint density at radius 2 is 1.07 bits per heavy atom. The smallest absolute Gasteiger partial charge is 0.221 e. The topological polar surface area (TPSA) is 76.7 Å². The second kappa shape index (κ2) is 10.1. The standard InChI is InChI=1S/C24H24N2O4/c1-17(27)25-21-5-3-7-23(13-21)29-15-19-9-11-20(12-10-19)16-30-24-8-4-6-22(14-24)26-18(2)28/h3-14H,15-16H2,1-2H3,(H,25,27)(H,26,28). The number of rotatable bonds is 8. The van der Waals surface area contributed by atoms with Crippen molar-refractivity contribution in [3.8, 4) is 11.5 Å². The van der Waals surface area contributed by atoms with Gasteiger partial charge in [0, 0.05) is 37.4 Å². The fraction of sp³-hybridized carbons (Fsp3) is 0.167. The van der Waals surface area contributed by atoms with Crippen LogP contribution in [0.15, 0.2) is 72.8 Å². The van der Waals surface area contributed by atoms with Crippen LogP contribution in [0.4, 0.5) is 11.4 Å². The van der Waals surface area contributed by atoms with Crippen LogP contribution in [0.1, 0.15) is 25.0 Å². The summed E-state index contributed by atoms with van der Waals surface area (Å²) >= 11 is 0. The lowest BCUT2D eigenvalue weighted by Crippen LogP contribution is -2.06. The molecule has 0 aliphatic heterocycles. The summed E-state index contributed by atoms with van der Waals surface area (Å²) in [5.41, 5.74) is 3.46. The molecule has 0 heterocycles. The highest BCUT2D eigenvalue weighted by atomic mass is 16.5. The van der Waals surface area contributed by atoms with E-state index in [1.165, 1.54) is 13.8 Å². The predicted octanol–water partition coefficient (Wildman–Crippen LogP) is 4.76. The fourth-order valence-electron chi connectivity index (χ4n) is 2.80. The minimum Gasteiger partial charge on any atom is -0.489 e. The van der Waals surface area contributed by atoms with Crippen LogP contribution in [-0.2, 0) is 22.8 Å². The molecule has 30 heavy (non-hydrogen) atoms. The van der Waals surface area contributed by atoms with Crippen LogP contribution < -0.4 is 20.1 Å². The molecule has 0 fully saturated rings. The molecule has 3 aromatic rings. The zero-order valence-corrected chi connectivity index (χ0v) is 17.0. The van der Waals surface area contributed by atoms with Gasteiger partial charge in [0.05, 0.1) is 0 Å². The number of benzene rings is 3. The molecule has 0 aromatic heterocycles. The molecule has 0 atom stereocenters. The van der Waals surface area contributed by atoms with Crippen molar-refractivity contribution in [1.82, 2.24) is 0 Å². The van der Waals surface area contributed by atoms with E-state index in [-0.39, 0.29) is 11.8 Å². The molecule has 0 aliphatic rings. The zero-order chi connectivity index (χ0) is 21.3. The van der Waals surface area contributed by atoms with Gasteiger partial charge in [0.1, 0.15) is 24.7 Å². The molecule has 0 saturated heterocycles. The average Bonchev–Trinajstić information content (AvgIpc) is 2.71. The average molecular weight is 404 g/mol. The van der Waals surface area contributed by atoms with Crippen molar-refractivity contribution in [3.63, 3.8) is 0 Å². The highest BCUT2D eigenvalue weighted by Gasteiger charge is 2.02. The zero-order valence-electron chi connectivity index (χ0n) is 17.0. The van der Waals surface area contributed by atoms with E-state index in [9.17, 15) is 9.59 Å². The van der Waals surface area contributed by atoms with Gasteiger partial charge in [-0.2, -0.15) is 0 Å². The first kappa shape index (κ1) is 20.9. The first-order chi connectivity index (χ1) is 14.5. The van der Waals surface area contributed by atoms with Crippen molar-refractivity contribution in [1.29, 1.82) is 0 Å². The summed E-state index contributed by atoms with van der Waals surface area (Å²) < 4.78 is 11.6. The van der Waals surface area contributed by atoms with Gasteiger partial charge in [-0.15, -0.1) is 0 Å². The van der Waals surface area contributed by atoms with E-state index < -0.39 is 0 Å². The second-order valence-electron chi connectivity index (χ2n) is 6.81. The Labute approximate surface area is 175 Å². The number of hydrogen-bond donors (Lipinski definition) is 2. The molecular formula is C24H24N2O4. The Balaban J connectivity index is 1.52. The van der Waals surface area contributed by atoms with Crippen molar-refractivity contribution in [2.75, 3.05) is 10.6 Å². The van der Waals surface area contributed by atoms with Gasteiger partial charge in [0.2, 0.25) is 11.8 Å². The number of nitrogens with one attached hydrogen (secondary N) is 2. The molecule has 3 aromatic carbocycles.